The van der Waals surface area contributed by atoms with E-state index in [0.717, 1.165) is 36.3 Å². The molecule has 0 N–H and O–H groups in total. The van der Waals surface area contributed by atoms with Crippen molar-refractivity contribution >= 4 is 11.0 Å². The molecule has 1 aliphatic heterocycles. The molecule has 1 heterocycles. The molecule has 23 heavy (non-hydrogen) atoms. The predicted molar refractivity (Wildman–Crippen MR) is 95.3 cm³/mol. The first kappa shape index (κ1) is 16.0. The fraction of sp³-hybridized carbons (Fsp3) is 0.300. The standard InChI is InChI=1S/C20H21NOS/c1-17-10-14-20(15-11-17)23(22)21-16-6-5-9-19(21)13-12-18-7-3-2-4-8-18/h2-4,7-8,10-11,14-15,19H,5-6,9,16H2,1H3/t19-,23-/m0/s1. The Morgan fingerprint density at radius 2 is 1.78 bits per heavy atom. The molecule has 2 aromatic rings. The van der Waals surface area contributed by atoms with Crippen molar-refractivity contribution in [3.8, 4) is 11.8 Å². The molecular weight excluding hydrogens is 302 g/mol. The van der Waals surface area contributed by atoms with Gasteiger partial charge in [-0.1, -0.05) is 47.7 Å². The highest BCUT2D eigenvalue weighted by Crippen LogP contribution is 2.22. The molecule has 0 bridgehead atoms. The van der Waals surface area contributed by atoms with Crippen LogP contribution in [0.2, 0.25) is 0 Å². The van der Waals surface area contributed by atoms with Gasteiger partial charge in [0, 0.05) is 12.1 Å². The maximum absolute atomic E-state index is 12.9. The van der Waals surface area contributed by atoms with Crippen LogP contribution in [0.4, 0.5) is 0 Å². The second-order valence-corrected chi connectivity index (χ2v) is 7.29. The Bertz CT molecular complexity index is 728. The highest BCUT2D eigenvalue weighted by Gasteiger charge is 2.26. The van der Waals surface area contributed by atoms with E-state index >= 15 is 0 Å². The van der Waals surface area contributed by atoms with E-state index < -0.39 is 11.0 Å². The predicted octanol–water partition coefficient (Wildman–Crippen LogP) is 3.92. The topological polar surface area (TPSA) is 20.3 Å². The largest absolute Gasteiger partial charge is 0.237 e. The van der Waals surface area contributed by atoms with Crippen molar-refractivity contribution in [3.63, 3.8) is 0 Å². The average Bonchev–Trinajstić information content (AvgIpc) is 2.61. The van der Waals surface area contributed by atoms with Crippen LogP contribution in [0.5, 0.6) is 0 Å². The lowest BCUT2D eigenvalue weighted by atomic mass is 10.1. The van der Waals surface area contributed by atoms with E-state index in [-0.39, 0.29) is 6.04 Å². The van der Waals surface area contributed by atoms with Crippen LogP contribution in [0, 0.1) is 18.8 Å². The molecule has 0 radical (unpaired) electrons. The molecule has 0 aliphatic carbocycles. The van der Waals surface area contributed by atoms with E-state index in [2.05, 4.69) is 11.8 Å². The molecule has 2 nitrogen and oxygen atoms in total. The summed E-state index contributed by atoms with van der Waals surface area (Å²) in [4.78, 5) is 0.865. The van der Waals surface area contributed by atoms with Crippen LogP contribution in [-0.2, 0) is 11.0 Å². The number of rotatable bonds is 2. The fourth-order valence-electron chi connectivity index (χ4n) is 2.73. The molecule has 3 heteroatoms. The lowest BCUT2D eigenvalue weighted by Gasteiger charge is -2.31. The number of hydrogen-bond acceptors (Lipinski definition) is 1. The Morgan fingerprint density at radius 3 is 2.52 bits per heavy atom. The van der Waals surface area contributed by atoms with E-state index in [1.165, 1.54) is 5.56 Å². The summed E-state index contributed by atoms with van der Waals surface area (Å²) in [5, 5.41) is 0. The van der Waals surface area contributed by atoms with E-state index in [1.54, 1.807) is 0 Å². The van der Waals surface area contributed by atoms with Crippen molar-refractivity contribution in [2.75, 3.05) is 6.54 Å². The molecule has 0 unspecified atom stereocenters. The molecule has 0 saturated carbocycles. The lowest BCUT2D eigenvalue weighted by Crippen LogP contribution is -2.39. The molecular formula is C20H21NOS. The Kier molecular flexibility index (Phi) is 5.27. The molecule has 2 aromatic carbocycles. The van der Waals surface area contributed by atoms with Gasteiger partial charge in [-0.3, -0.25) is 0 Å². The number of benzene rings is 2. The first-order chi connectivity index (χ1) is 11.2. The van der Waals surface area contributed by atoms with Gasteiger partial charge in [0.2, 0.25) is 0 Å². The molecule has 1 fully saturated rings. The molecule has 0 aromatic heterocycles. The highest BCUT2D eigenvalue weighted by atomic mass is 32.2. The summed E-state index contributed by atoms with van der Waals surface area (Å²) < 4.78 is 14.9. The van der Waals surface area contributed by atoms with Crippen LogP contribution < -0.4 is 0 Å². The van der Waals surface area contributed by atoms with Crippen LogP contribution >= 0.6 is 0 Å². The number of hydrogen-bond donors (Lipinski definition) is 0. The summed E-state index contributed by atoms with van der Waals surface area (Å²) in [6.45, 7) is 2.89. The summed E-state index contributed by atoms with van der Waals surface area (Å²) >= 11 is 0. The smallest absolute Gasteiger partial charge is 0.128 e. The van der Waals surface area contributed by atoms with Gasteiger partial charge >= 0.3 is 0 Å². The normalized spacial score (nSPS) is 19.6. The highest BCUT2D eigenvalue weighted by molar-refractivity contribution is 7.82. The quantitative estimate of drug-likeness (QED) is 0.767. The van der Waals surface area contributed by atoms with Gasteiger partial charge in [-0.2, -0.15) is 0 Å². The Balaban J connectivity index is 1.80. The Hall–Kier alpha value is -1.89. The van der Waals surface area contributed by atoms with Crippen LogP contribution in [0.3, 0.4) is 0 Å². The average molecular weight is 323 g/mol. The zero-order valence-corrected chi connectivity index (χ0v) is 14.2. The van der Waals surface area contributed by atoms with E-state index in [9.17, 15) is 4.21 Å². The van der Waals surface area contributed by atoms with Gasteiger partial charge in [-0.05, 0) is 50.5 Å². The van der Waals surface area contributed by atoms with Gasteiger partial charge in [-0.15, -0.1) is 0 Å². The lowest BCUT2D eigenvalue weighted by molar-refractivity contribution is 0.314. The van der Waals surface area contributed by atoms with Gasteiger partial charge in [0.05, 0.1) is 10.9 Å². The summed E-state index contributed by atoms with van der Waals surface area (Å²) in [5.74, 6) is 6.57. The third kappa shape index (κ3) is 4.10. The van der Waals surface area contributed by atoms with Crippen LogP contribution in [0.25, 0.3) is 0 Å². The van der Waals surface area contributed by atoms with E-state index in [4.69, 9.17) is 0 Å². The number of nitrogens with zero attached hydrogens (tertiary/aromatic N) is 1. The zero-order valence-electron chi connectivity index (χ0n) is 13.4. The summed E-state index contributed by atoms with van der Waals surface area (Å²) in [7, 11) is -1.14. The van der Waals surface area contributed by atoms with Crippen molar-refractivity contribution in [2.24, 2.45) is 0 Å². The molecule has 118 valence electrons. The second kappa shape index (κ2) is 7.59. The monoisotopic (exact) mass is 323 g/mol. The van der Waals surface area contributed by atoms with Crippen molar-refractivity contribution in [2.45, 2.75) is 37.1 Å². The fourth-order valence-corrected chi connectivity index (χ4v) is 4.05. The van der Waals surface area contributed by atoms with Crippen molar-refractivity contribution in [1.82, 2.24) is 4.31 Å². The molecule has 3 rings (SSSR count). The van der Waals surface area contributed by atoms with Gasteiger partial charge in [0.1, 0.15) is 11.0 Å². The summed E-state index contributed by atoms with van der Waals surface area (Å²) in [6, 6.07) is 18.0. The second-order valence-electron chi connectivity index (χ2n) is 5.85. The minimum absolute atomic E-state index is 0.0612. The van der Waals surface area contributed by atoms with Gasteiger partial charge in [0.25, 0.3) is 0 Å². The molecule has 1 aliphatic rings. The van der Waals surface area contributed by atoms with Crippen LogP contribution in [-0.4, -0.2) is 21.1 Å². The van der Waals surface area contributed by atoms with E-state index in [1.807, 2.05) is 65.8 Å². The van der Waals surface area contributed by atoms with Crippen molar-refractivity contribution in [1.29, 1.82) is 0 Å². The van der Waals surface area contributed by atoms with Crippen molar-refractivity contribution in [3.05, 3.63) is 65.7 Å². The first-order valence-corrected chi connectivity index (χ1v) is 9.16. The van der Waals surface area contributed by atoms with E-state index in [0.29, 0.717) is 0 Å². The maximum atomic E-state index is 12.9. The molecule has 0 amide bonds. The Morgan fingerprint density at radius 1 is 1.04 bits per heavy atom. The Labute approximate surface area is 141 Å². The van der Waals surface area contributed by atoms with Crippen LogP contribution in [0.1, 0.15) is 30.4 Å². The summed E-state index contributed by atoms with van der Waals surface area (Å²) in [5.41, 5.74) is 2.20. The van der Waals surface area contributed by atoms with Gasteiger partial charge < -0.3 is 0 Å². The van der Waals surface area contributed by atoms with Gasteiger partial charge in [-0.25, -0.2) is 8.51 Å². The third-order valence-electron chi connectivity index (χ3n) is 4.05. The zero-order chi connectivity index (χ0) is 16.1. The number of piperidine rings is 1. The SMILES string of the molecule is Cc1ccc([S@](=O)N2CCCC[C@H]2C#Cc2ccccc2)cc1. The summed E-state index contributed by atoms with van der Waals surface area (Å²) in [6.07, 6.45) is 3.22. The third-order valence-corrected chi connectivity index (χ3v) is 5.58. The molecule has 2 atom stereocenters. The number of aryl methyl sites for hydroxylation is 1. The first-order valence-electron chi connectivity index (χ1n) is 8.06. The maximum Gasteiger partial charge on any atom is 0.128 e. The minimum atomic E-state index is -1.14. The van der Waals surface area contributed by atoms with Gasteiger partial charge in [0.15, 0.2) is 0 Å². The minimum Gasteiger partial charge on any atom is -0.237 e. The van der Waals surface area contributed by atoms with Crippen LogP contribution in [0.15, 0.2) is 59.5 Å². The van der Waals surface area contributed by atoms with Crippen molar-refractivity contribution < 1.29 is 4.21 Å². The molecule has 1 saturated heterocycles. The molecule has 0 spiro atoms.